The molecule has 1 aromatic heterocycles. The third-order valence-electron chi connectivity index (χ3n) is 5.46. The van der Waals surface area contributed by atoms with Gasteiger partial charge in [0, 0.05) is 11.6 Å². The summed E-state index contributed by atoms with van der Waals surface area (Å²) < 4.78 is 13.3. The minimum absolute atomic E-state index is 0. The van der Waals surface area contributed by atoms with E-state index in [2.05, 4.69) is 85.2 Å². The van der Waals surface area contributed by atoms with Crippen molar-refractivity contribution >= 4 is 16.6 Å². The molecule has 31 heavy (non-hydrogen) atoms. The highest BCUT2D eigenvalue weighted by Gasteiger charge is 2.22. The van der Waals surface area contributed by atoms with E-state index < -0.39 is 0 Å². The van der Waals surface area contributed by atoms with E-state index >= 15 is 0 Å². The van der Waals surface area contributed by atoms with Crippen LogP contribution in [0.5, 0.6) is 11.5 Å². The molecule has 0 atom stereocenters. The molecule has 0 aliphatic rings. The zero-order valence-corrected chi connectivity index (χ0v) is 20.7. The summed E-state index contributed by atoms with van der Waals surface area (Å²) in [5.74, 6) is 2.56. The Bertz CT molecular complexity index is 1210. The normalized spacial score (nSPS) is 10.5. The zero-order valence-electron chi connectivity index (χ0n) is 18.5. The minimum Gasteiger partial charge on any atom is -1.00 e. The molecule has 160 valence electrons. The van der Waals surface area contributed by atoms with Gasteiger partial charge in [0.2, 0.25) is 0 Å². The molecule has 0 spiro atoms. The van der Waals surface area contributed by atoms with Crippen LogP contribution in [0, 0.1) is 0 Å². The van der Waals surface area contributed by atoms with Crippen LogP contribution in [0.3, 0.4) is 0 Å². The first-order valence-corrected chi connectivity index (χ1v) is 9.95. The molecule has 4 aromatic rings. The van der Waals surface area contributed by atoms with Crippen LogP contribution in [0.25, 0.3) is 33.2 Å². The van der Waals surface area contributed by atoms with Crippen LogP contribution in [0.2, 0.25) is 0 Å². The van der Waals surface area contributed by atoms with Gasteiger partial charge in [-0.25, -0.2) is 4.57 Å². The highest BCUT2D eigenvalue weighted by atomic mass is 127. The van der Waals surface area contributed by atoms with E-state index in [0.29, 0.717) is 0 Å². The molecule has 0 N–H and O–H groups in total. The van der Waals surface area contributed by atoms with Gasteiger partial charge in [0.25, 0.3) is 5.82 Å². The number of benzene rings is 3. The highest BCUT2D eigenvalue weighted by Crippen LogP contribution is 2.37. The number of nitrogens with zero attached hydrogens (tertiary/aromatic N) is 2. The molecule has 0 unspecified atom stereocenters. The number of rotatable bonds is 5. The Morgan fingerprint density at radius 1 is 0.710 bits per heavy atom. The fourth-order valence-corrected chi connectivity index (χ4v) is 4.05. The number of methoxy groups -OCH3 is 2. The van der Waals surface area contributed by atoms with Crippen LogP contribution in [-0.2, 0) is 7.05 Å². The van der Waals surface area contributed by atoms with E-state index in [4.69, 9.17) is 9.47 Å². The van der Waals surface area contributed by atoms with Gasteiger partial charge in [-0.3, -0.25) is 4.90 Å². The Kier molecular flexibility index (Phi) is 7.05. The number of ether oxygens (including phenoxy) is 2. The fraction of sp³-hybridized carbons (Fsp3) is 0.192. The Morgan fingerprint density at radius 2 is 1.32 bits per heavy atom. The van der Waals surface area contributed by atoms with Crippen molar-refractivity contribution in [3.05, 3.63) is 72.8 Å². The summed E-state index contributed by atoms with van der Waals surface area (Å²) in [6.07, 6.45) is 0. The molecule has 0 radical (unpaired) electrons. The van der Waals surface area contributed by atoms with E-state index in [9.17, 15) is 0 Å². The van der Waals surface area contributed by atoms with Gasteiger partial charge in [-0.15, -0.1) is 0 Å². The Balaban J connectivity index is 0.00000272. The first-order valence-electron chi connectivity index (χ1n) is 9.95. The Hall–Kier alpha value is -2.80. The average molecular weight is 526 g/mol. The van der Waals surface area contributed by atoms with Crippen molar-refractivity contribution in [2.24, 2.45) is 7.05 Å². The average Bonchev–Trinajstić information content (AvgIpc) is 2.78. The van der Waals surface area contributed by atoms with Crippen molar-refractivity contribution in [2.45, 2.75) is 0 Å². The number of fused-ring (bicyclic) bond motifs is 1. The number of pyridine rings is 1. The van der Waals surface area contributed by atoms with E-state index in [0.717, 1.165) is 33.8 Å². The quantitative estimate of drug-likeness (QED) is 0.294. The molecule has 0 saturated carbocycles. The topological polar surface area (TPSA) is 25.6 Å². The molecule has 0 aliphatic carbocycles. The second kappa shape index (κ2) is 9.56. The summed E-state index contributed by atoms with van der Waals surface area (Å²) in [5.41, 5.74) is 4.71. The standard InChI is InChI=1S/C26H27N2O2.HI/c1-27(2)26-22-17-25(30-5)24(29-4)16-21(22)15-23(28(26)3)20-13-9-12-19(14-20)18-10-7-6-8-11-18;/h6-17H,1-5H3;1H/q+1;/p-1. The number of halogens is 1. The van der Waals surface area contributed by atoms with Crippen LogP contribution < -0.4 is 42.9 Å². The zero-order chi connectivity index (χ0) is 21.3. The maximum absolute atomic E-state index is 5.55. The molecule has 0 aliphatic heterocycles. The molecule has 1 heterocycles. The van der Waals surface area contributed by atoms with E-state index in [1.807, 2.05) is 18.2 Å². The molecule has 3 aromatic carbocycles. The van der Waals surface area contributed by atoms with Crippen LogP contribution in [0.1, 0.15) is 0 Å². The summed E-state index contributed by atoms with van der Waals surface area (Å²) in [4.78, 5) is 2.14. The molecule has 0 saturated heterocycles. The monoisotopic (exact) mass is 526 g/mol. The van der Waals surface area contributed by atoms with Crippen molar-refractivity contribution in [1.82, 2.24) is 0 Å². The number of anilines is 1. The minimum atomic E-state index is 0. The number of hydrogen-bond donors (Lipinski definition) is 0. The molecular weight excluding hydrogens is 499 g/mol. The predicted molar refractivity (Wildman–Crippen MR) is 123 cm³/mol. The van der Waals surface area contributed by atoms with Crippen LogP contribution in [0.4, 0.5) is 5.82 Å². The summed E-state index contributed by atoms with van der Waals surface area (Å²) >= 11 is 0. The van der Waals surface area contributed by atoms with Gasteiger partial charge in [-0.2, -0.15) is 0 Å². The lowest BCUT2D eigenvalue weighted by Gasteiger charge is -2.17. The van der Waals surface area contributed by atoms with E-state index in [-0.39, 0.29) is 24.0 Å². The van der Waals surface area contributed by atoms with Crippen molar-refractivity contribution in [3.8, 4) is 33.9 Å². The smallest absolute Gasteiger partial charge is 0.284 e. The van der Waals surface area contributed by atoms with Gasteiger partial charge >= 0.3 is 0 Å². The van der Waals surface area contributed by atoms with Crippen molar-refractivity contribution < 1.29 is 38.0 Å². The molecule has 4 nitrogen and oxygen atoms in total. The maximum atomic E-state index is 5.55. The van der Waals surface area contributed by atoms with Gasteiger partial charge < -0.3 is 33.5 Å². The summed E-state index contributed by atoms with van der Waals surface area (Å²) in [6, 6.07) is 25.5. The molecule has 0 fully saturated rings. The third kappa shape index (κ3) is 4.32. The van der Waals surface area contributed by atoms with Gasteiger partial charge in [0.05, 0.1) is 40.7 Å². The van der Waals surface area contributed by atoms with Gasteiger partial charge in [-0.1, -0.05) is 48.5 Å². The number of hydrogen-bond acceptors (Lipinski definition) is 3. The maximum Gasteiger partial charge on any atom is 0.284 e. The van der Waals surface area contributed by atoms with Crippen LogP contribution in [0.15, 0.2) is 72.8 Å². The first-order chi connectivity index (χ1) is 14.5. The second-order valence-corrected chi connectivity index (χ2v) is 7.55. The lowest BCUT2D eigenvalue weighted by Crippen LogP contribution is -3.00. The largest absolute Gasteiger partial charge is 1.00 e. The predicted octanol–water partition coefficient (Wildman–Crippen LogP) is 2.09. The van der Waals surface area contributed by atoms with Crippen molar-refractivity contribution in [3.63, 3.8) is 0 Å². The Labute approximate surface area is 201 Å². The summed E-state index contributed by atoms with van der Waals surface area (Å²) in [6.45, 7) is 0. The fourth-order valence-electron chi connectivity index (χ4n) is 4.05. The molecular formula is C26H27IN2O2. The number of aromatic nitrogens is 1. The Morgan fingerprint density at radius 3 is 1.97 bits per heavy atom. The molecule has 0 amide bonds. The molecule has 5 heteroatoms. The molecule has 0 bridgehead atoms. The molecule has 4 rings (SSSR count). The van der Waals surface area contributed by atoms with Crippen LogP contribution in [-0.4, -0.2) is 28.3 Å². The van der Waals surface area contributed by atoms with Gasteiger partial charge in [-0.05, 0) is 34.7 Å². The first kappa shape index (κ1) is 22.9. The van der Waals surface area contributed by atoms with Gasteiger partial charge in [0.15, 0.2) is 11.5 Å². The summed E-state index contributed by atoms with van der Waals surface area (Å²) in [5, 5.41) is 2.22. The van der Waals surface area contributed by atoms with E-state index in [1.165, 1.54) is 16.7 Å². The SMILES string of the molecule is COc1cc2cc(-c3cccc(-c4ccccc4)c3)[n+](C)c(N(C)C)c2cc1OC.[I-]. The van der Waals surface area contributed by atoms with Gasteiger partial charge in [0.1, 0.15) is 5.69 Å². The second-order valence-electron chi connectivity index (χ2n) is 7.55. The van der Waals surface area contributed by atoms with Crippen LogP contribution >= 0.6 is 0 Å². The highest BCUT2D eigenvalue weighted by molar-refractivity contribution is 5.95. The summed E-state index contributed by atoms with van der Waals surface area (Å²) in [7, 11) is 9.58. The lowest BCUT2D eigenvalue weighted by molar-refractivity contribution is -0.646. The van der Waals surface area contributed by atoms with E-state index in [1.54, 1.807) is 14.2 Å². The van der Waals surface area contributed by atoms with Crippen molar-refractivity contribution in [2.75, 3.05) is 33.2 Å². The van der Waals surface area contributed by atoms with Crippen molar-refractivity contribution in [1.29, 1.82) is 0 Å². The third-order valence-corrected chi connectivity index (χ3v) is 5.46. The lowest BCUT2D eigenvalue weighted by atomic mass is 10.00.